The molecule has 2 aromatic carbocycles. The van der Waals surface area contributed by atoms with E-state index in [0.29, 0.717) is 5.56 Å². The van der Waals surface area contributed by atoms with Crippen LogP contribution in [0, 0.1) is 0 Å². The fraction of sp³-hybridized carbons (Fsp3) is 0.167. The minimum absolute atomic E-state index is 0.0545. The first kappa shape index (κ1) is 14.1. The van der Waals surface area contributed by atoms with Crippen LogP contribution in [-0.2, 0) is 4.74 Å². The number of hydrogen-bond donors (Lipinski definition) is 0. The quantitative estimate of drug-likeness (QED) is 0.599. The molecule has 2 aromatic rings. The minimum atomic E-state index is 0.0545. The molecule has 1 unspecified atom stereocenters. The molecule has 0 fully saturated rings. The fourth-order valence-corrected chi connectivity index (χ4v) is 2.15. The lowest BCUT2D eigenvalue weighted by atomic mass is 9.91. The third kappa shape index (κ3) is 3.15. The molecule has 0 aliphatic heterocycles. The summed E-state index contributed by atoms with van der Waals surface area (Å²) in [4.78, 5) is 12.6. The van der Waals surface area contributed by atoms with E-state index in [0.717, 1.165) is 11.1 Å². The maximum atomic E-state index is 12.6. The van der Waals surface area contributed by atoms with Gasteiger partial charge in [-0.05, 0) is 11.6 Å². The van der Waals surface area contributed by atoms with Gasteiger partial charge in [-0.3, -0.25) is 4.79 Å². The molecule has 0 aromatic heterocycles. The van der Waals surface area contributed by atoms with Gasteiger partial charge in [0.1, 0.15) is 0 Å². The highest BCUT2D eigenvalue weighted by Crippen LogP contribution is 2.23. The van der Waals surface area contributed by atoms with E-state index in [2.05, 4.69) is 0 Å². The molecule has 0 bridgehead atoms. The normalized spacial score (nSPS) is 12.3. The van der Waals surface area contributed by atoms with E-state index in [1.807, 2.05) is 67.6 Å². The van der Waals surface area contributed by atoms with Gasteiger partial charge in [0.15, 0.2) is 5.78 Å². The van der Waals surface area contributed by atoms with Crippen molar-refractivity contribution >= 4 is 5.78 Å². The predicted molar refractivity (Wildman–Crippen MR) is 80.9 cm³/mol. The molecule has 0 amide bonds. The van der Waals surface area contributed by atoms with Gasteiger partial charge in [0.05, 0.1) is 13.4 Å². The summed E-state index contributed by atoms with van der Waals surface area (Å²) in [6.45, 7) is 2.05. The number of carbonyl (C=O) groups is 1. The monoisotopic (exact) mass is 266 g/mol. The molecule has 102 valence electrons. The molecule has 0 aliphatic carbocycles. The summed E-state index contributed by atoms with van der Waals surface area (Å²) < 4.78 is 4.95. The summed E-state index contributed by atoms with van der Waals surface area (Å²) in [5.41, 5.74) is 2.46. The van der Waals surface area contributed by atoms with Gasteiger partial charge in [0.2, 0.25) is 0 Å². The summed E-state index contributed by atoms with van der Waals surface area (Å²) in [7, 11) is 1.62. The summed E-state index contributed by atoms with van der Waals surface area (Å²) in [6.07, 6.45) is 3.59. The Morgan fingerprint density at radius 1 is 1.05 bits per heavy atom. The summed E-state index contributed by atoms with van der Waals surface area (Å²) in [6, 6.07) is 17.1. The van der Waals surface area contributed by atoms with Crippen molar-refractivity contribution in [1.29, 1.82) is 0 Å². The fourth-order valence-electron chi connectivity index (χ4n) is 2.15. The van der Waals surface area contributed by atoms with Crippen molar-refractivity contribution in [1.82, 2.24) is 0 Å². The molecular weight excluding hydrogens is 248 g/mol. The lowest BCUT2D eigenvalue weighted by molar-refractivity contribution is 0.103. The Bertz CT molecular complexity index is 600. The van der Waals surface area contributed by atoms with Gasteiger partial charge >= 0.3 is 0 Å². The number of methoxy groups -OCH3 is 1. The Morgan fingerprint density at radius 2 is 1.70 bits per heavy atom. The van der Waals surface area contributed by atoms with Crippen molar-refractivity contribution in [2.75, 3.05) is 7.11 Å². The molecule has 0 spiro atoms. The zero-order valence-electron chi connectivity index (χ0n) is 11.7. The molecule has 0 aliphatic rings. The highest BCUT2D eigenvalue weighted by molar-refractivity contribution is 6.10. The molecule has 0 saturated heterocycles. The van der Waals surface area contributed by atoms with Gasteiger partial charge in [0, 0.05) is 17.0 Å². The van der Waals surface area contributed by atoms with Gasteiger partial charge in [-0.2, -0.15) is 0 Å². The smallest absolute Gasteiger partial charge is 0.193 e. The Kier molecular flexibility index (Phi) is 4.72. The van der Waals surface area contributed by atoms with Crippen LogP contribution >= 0.6 is 0 Å². The Morgan fingerprint density at radius 3 is 2.40 bits per heavy atom. The zero-order chi connectivity index (χ0) is 14.4. The van der Waals surface area contributed by atoms with E-state index in [1.165, 1.54) is 0 Å². The molecule has 20 heavy (non-hydrogen) atoms. The third-order valence-corrected chi connectivity index (χ3v) is 3.24. The second kappa shape index (κ2) is 6.71. The summed E-state index contributed by atoms with van der Waals surface area (Å²) in [5.74, 6) is 0.178. The van der Waals surface area contributed by atoms with Crippen LogP contribution in [0.5, 0.6) is 0 Å². The number of allylic oxidation sites excluding steroid dienone is 1. The minimum Gasteiger partial charge on any atom is -0.505 e. The van der Waals surface area contributed by atoms with Crippen LogP contribution in [0.2, 0.25) is 0 Å². The largest absolute Gasteiger partial charge is 0.505 e. The number of carbonyl (C=O) groups excluding carboxylic acids is 1. The van der Waals surface area contributed by atoms with Crippen LogP contribution in [0.25, 0.3) is 0 Å². The van der Waals surface area contributed by atoms with Gasteiger partial charge < -0.3 is 4.74 Å². The van der Waals surface area contributed by atoms with Crippen LogP contribution in [0.15, 0.2) is 66.9 Å². The third-order valence-electron chi connectivity index (χ3n) is 3.24. The van der Waals surface area contributed by atoms with E-state index in [4.69, 9.17) is 4.74 Å². The Balaban J connectivity index is 2.38. The molecule has 2 rings (SSSR count). The Hall–Kier alpha value is -2.35. The van der Waals surface area contributed by atoms with E-state index in [1.54, 1.807) is 13.4 Å². The lowest BCUT2D eigenvalue weighted by Gasteiger charge is -2.12. The molecule has 2 nitrogen and oxygen atoms in total. The molecule has 1 atom stereocenters. The highest BCUT2D eigenvalue weighted by atomic mass is 16.5. The van der Waals surface area contributed by atoms with Crippen molar-refractivity contribution in [2.45, 2.75) is 12.8 Å². The van der Waals surface area contributed by atoms with Crippen LogP contribution in [0.3, 0.4) is 0 Å². The number of benzene rings is 2. The van der Waals surface area contributed by atoms with E-state index in [-0.39, 0.29) is 11.7 Å². The first-order valence-corrected chi connectivity index (χ1v) is 6.62. The molecule has 0 N–H and O–H groups in total. The number of ether oxygens (including phenoxy) is 1. The van der Waals surface area contributed by atoms with Gasteiger partial charge in [-0.15, -0.1) is 0 Å². The van der Waals surface area contributed by atoms with Crippen LogP contribution in [0.1, 0.15) is 34.3 Å². The molecule has 2 heteroatoms. The number of ketones is 1. The molecule has 0 saturated carbocycles. The van der Waals surface area contributed by atoms with Crippen LogP contribution in [0.4, 0.5) is 0 Å². The van der Waals surface area contributed by atoms with Gasteiger partial charge in [0.25, 0.3) is 0 Å². The first-order valence-electron chi connectivity index (χ1n) is 6.62. The van der Waals surface area contributed by atoms with Crippen molar-refractivity contribution in [2.24, 2.45) is 0 Å². The topological polar surface area (TPSA) is 26.3 Å². The standard InChI is InChI=1S/C18H18O2/c1-14(12-13-20-2)16-10-6-7-11-17(16)18(19)15-8-4-3-5-9-15/h3-14H,1-2H3/b13-12-. The van der Waals surface area contributed by atoms with Gasteiger partial charge in [-0.25, -0.2) is 0 Å². The highest BCUT2D eigenvalue weighted by Gasteiger charge is 2.15. The van der Waals surface area contributed by atoms with E-state index in [9.17, 15) is 4.79 Å². The SMILES string of the molecule is CO/C=C\C(C)c1ccccc1C(=O)c1ccccc1. The molecule has 0 radical (unpaired) electrons. The maximum absolute atomic E-state index is 12.6. The second-order valence-corrected chi connectivity index (χ2v) is 4.64. The predicted octanol–water partition coefficient (Wildman–Crippen LogP) is 4.18. The average Bonchev–Trinajstić information content (AvgIpc) is 2.52. The summed E-state index contributed by atoms with van der Waals surface area (Å²) in [5, 5.41) is 0. The van der Waals surface area contributed by atoms with Crippen molar-refractivity contribution in [3.63, 3.8) is 0 Å². The van der Waals surface area contributed by atoms with Crippen LogP contribution < -0.4 is 0 Å². The van der Waals surface area contributed by atoms with Gasteiger partial charge in [-0.1, -0.05) is 61.5 Å². The zero-order valence-corrected chi connectivity index (χ0v) is 11.7. The van der Waals surface area contributed by atoms with Crippen molar-refractivity contribution < 1.29 is 9.53 Å². The first-order chi connectivity index (χ1) is 9.74. The van der Waals surface area contributed by atoms with Crippen LogP contribution in [-0.4, -0.2) is 12.9 Å². The van der Waals surface area contributed by atoms with Crippen molar-refractivity contribution in [3.05, 3.63) is 83.6 Å². The van der Waals surface area contributed by atoms with E-state index >= 15 is 0 Å². The molecular formula is C18H18O2. The lowest BCUT2D eigenvalue weighted by Crippen LogP contribution is -2.06. The molecule has 0 heterocycles. The Labute approximate surface area is 119 Å². The number of hydrogen-bond acceptors (Lipinski definition) is 2. The second-order valence-electron chi connectivity index (χ2n) is 4.64. The summed E-state index contributed by atoms with van der Waals surface area (Å²) >= 11 is 0. The average molecular weight is 266 g/mol. The van der Waals surface area contributed by atoms with Crippen molar-refractivity contribution in [3.8, 4) is 0 Å². The maximum Gasteiger partial charge on any atom is 0.193 e. The number of rotatable bonds is 5. The van der Waals surface area contributed by atoms with E-state index < -0.39 is 0 Å².